The van der Waals surface area contributed by atoms with E-state index >= 15 is 0 Å². The second-order valence-corrected chi connectivity index (χ2v) is 5.02. The first-order valence-corrected chi connectivity index (χ1v) is 6.47. The quantitative estimate of drug-likeness (QED) is 0.761. The highest BCUT2D eigenvalue weighted by Crippen LogP contribution is 2.23. The normalized spacial score (nSPS) is 11.0. The number of H-pyrrole nitrogens is 1. The van der Waals surface area contributed by atoms with Gasteiger partial charge in [-0.25, -0.2) is 9.48 Å². The molecular weight excluding hydrogens is 294 g/mol. The van der Waals surface area contributed by atoms with E-state index in [1.54, 1.807) is 31.2 Å². The van der Waals surface area contributed by atoms with Gasteiger partial charge in [-0.05, 0) is 30.7 Å². The lowest BCUT2D eigenvalue weighted by Crippen LogP contribution is -2.07. The zero-order valence-corrected chi connectivity index (χ0v) is 11.7. The summed E-state index contributed by atoms with van der Waals surface area (Å²) in [4.78, 5) is 25.7. The number of aromatic amines is 1. The molecule has 0 saturated carbocycles. The SMILES string of the molecule is Cc1cc(=O)[nH]c2c1c(C(=O)O)nn2-c1cccc(Cl)c1. The van der Waals surface area contributed by atoms with Crippen LogP contribution in [0.15, 0.2) is 35.1 Å². The summed E-state index contributed by atoms with van der Waals surface area (Å²) in [7, 11) is 0. The first-order chi connectivity index (χ1) is 9.97. The van der Waals surface area contributed by atoms with Gasteiger partial charge in [-0.1, -0.05) is 17.7 Å². The van der Waals surface area contributed by atoms with E-state index in [-0.39, 0.29) is 11.3 Å². The third-order valence-electron chi connectivity index (χ3n) is 3.12. The van der Waals surface area contributed by atoms with E-state index in [0.29, 0.717) is 27.3 Å². The van der Waals surface area contributed by atoms with Crippen molar-refractivity contribution in [2.75, 3.05) is 0 Å². The average molecular weight is 304 g/mol. The number of nitrogens with zero attached hydrogens (tertiary/aromatic N) is 2. The number of hydrogen-bond donors (Lipinski definition) is 2. The number of carboxylic acids is 1. The van der Waals surface area contributed by atoms with Gasteiger partial charge in [-0.15, -0.1) is 0 Å². The van der Waals surface area contributed by atoms with E-state index in [1.807, 2.05) is 0 Å². The van der Waals surface area contributed by atoms with E-state index in [4.69, 9.17) is 11.6 Å². The minimum absolute atomic E-state index is 0.112. The van der Waals surface area contributed by atoms with Crippen molar-refractivity contribution in [2.45, 2.75) is 6.92 Å². The number of rotatable bonds is 2. The molecule has 0 aliphatic heterocycles. The molecule has 0 fully saturated rings. The van der Waals surface area contributed by atoms with Crippen LogP contribution in [-0.4, -0.2) is 25.8 Å². The summed E-state index contributed by atoms with van der Waals surface area (Å²) in [5.41, 5.74) is 1.03. The summed E-state index contributed by atoms with van der Waals surface area (Å²) in [6.45, 7) is 1.67. The van der Waals surface area contributed by atoms with Gasteiger partial charge in [0.2, 0.25) is 5.56 Å². The molecule has 3 aromatic rings. The highest BCUT2D eigenvalue weighted by Gasteiger charge is 2.20. The van der Waals surface area contributed by atoms with Crippen molar-refractivity contribution in [2.24, 2.45) is 0 Å². The lowest BCUT2D eigenvalue weighted by atomic mass is 10.1. The van der Waals surface area contributed by atoms with Crippen LogP contribution in [0.25, 0.3) is 16.7 Å². The van der Waals surface area contributed by atoms with Crippen molar-refractivity contribution < 1.29 is 9.90 Å². The van der Waals surface area contributed by atoms with Crippen molar-refractivity contribution >= 4 is 28.6 Å². The highest BCUT2D eigenvalue weighted by atomic mass is 35.5. The summed E-state index contributed by atoms with van der Waals surface area (Å²) in [5, 5.41) is 14.3. The average Bonchev–Trinajstić information content (AvgIpc) is 2.78. The molecule has 0 bridgehead atoms. The number of halogens is 1. The maximum atomic E-state index is 11.7. The number of aromatic carboxylic acids is 1. The number of pyridine rings is 1. The minimum Gasteiger partial charge on any atom is -0.476 e. The zero-order valence-electron chi connectivity index (χ0n) is 10.9. The number of aromatic nitrogens is 3. The summed E-state index contributed by atoms with van der Waals surface area (Å²) in [6, 6.07) is 8.13. The molecular formula is C14H10ClN3O3. The van der Waals surface area contributed by atoms with Crippen LogP contribution in [0.1, 0.15) is 16.1 Å². The second kappa shape index (κ2) is 4.75. The van der Waals surface area contributed by atoms with Gasteiger partial charge >= 0.3 is 5.97 Å². The Labute approximate surface area is 123 Å². The van der Waals surface area contributed by atoms with E-state index in [2.05, 4.69) is 10.1 Å². The number of hydrogen-bond acceptors (Lipinski definition) is 3. The van der Waals surface area contributed by atoms with Crippen molar-refractivity contribution in [3.8, 4) is 5.69 Å². The van der Waals surface area contributed by atoms with Gasteiger partial charge < -0.3 is 10.1 Å². The van der Waals surface area contributed by atoms with Crippen LogP contribution in [-0.2, 0) is 0 Å². The summed E-state index contributed by atoms with van der Waals surface area (Å²) in [5.74, 6) is -1.16. The highest BCUT2D eigenvalue weighted by molar-refractivity contribution is 6.30. The first-order valence-electron chi connectivity index (χ1n) is 6.09. The van der Waals surface area contributed by atoms with Crippen LogP contribution in [0.4, 0.5) is 0 Å². The molecule has 2 N–H and O–H groups in total. The van der Waals surface area contributed by atoms with Crippen LogP contribution in [0.3, 0.4) is 0 Å². The Morgan fingerprint density at radius 2 is 2.14 bits per heavy atom. The molecule has 0 aliphatic rings. The fraction of sp³-hybridized carbons (Fsp3) is 0.0714. The summed E-state index contributed by atoms with van der Waals surface area (Å²) in [6.07, 6.45) is 0. The van der Waals surface area contributed by atoms with Crippen LogP contribution in [0.2, 0.25) is 5.02 Å². The Kier molecular flexibility index (Phi) is 3.03. The van der Waals surface area contributed by atoms with Crippen molar-refractivity contribution in [3.63, 3.8) is 0 Å². The van der Waals surface area contributed by atoms with Gasteiger partial charge in [-0.3, -0.25) is 4.79 Å². The Bertz CT molecular complexity index is 927. The molecule has 0 aliphatic carbocycles. The molecule has 2 heterocycles. The van der Waals surface area contributed by atoms with Gasteiger partial charge in [0.05, 0.1) is 11.1 Å². The Morgan fingerprint density at radius 3 is 2.81 bits per heavy atom. The van der Waals surface area contributed by atoms with E-state index in [0.717, 1.165) is 0 Å². The molecule has 0 unspecified atom stereocenters. The van der Waals surface area contributed by atoms with Crippen LogP contribution in [0, 0.1) is 6.92 Å². The van der Waals surface area contributed by atoms with Crippen molar-refractivity contribution in [1.82, 2.24) is 14.8 Å². The fourth-order valence-corrected chi connectivity index (χ4v) is 2.46. The van der Waals surface area contributed by atoms with Crippen LogP contribution >= 0.6 is 11.6 Å². The topological polar surface area (TPSA) is 88.0 Å². The standard InChI is InChI=1S/C14H10ClN3O3/c1-7-5-10(19)16-13-11(7)12(14(20)21)17-18(13)9-4-2-3-8(15)6-9/h2-6H,1H3,(H,16,19)(H,20,21). The zero-order chi connectivity index (χ0) is 15.1. The Balaban J connectivity index is 2.44. The third kappa shape index (κ3) is 2.19. The maximum absolute atomic E-state index is 11.7. The number of benzene rings is 1. The Hall–Kier alpha value is -2.60. The maximum Gasteiger partial charge on any atom is 0.357 e. The number of fused-ring (bicyclic) bond motifs is 1. The predicted octanol–water partition coefficient (Wildman–Crippen LogP) is 2.37. The number of nitrogens with one attached hydrogen (secondary N) is 1. The van der Waals surface area contributed by atoms with Crippen molar-refractivity contribution in [1.29, 1.82) is 0 Å². The molecule has 7 heteroatoms. The largest absolute Gasteiger partial charge is 0.476 e. The summed E-state index contributed by atoms with van der Waals surface area (Å²) < 4.78 is 1.37. The Morgan fingerprint density at radius 1 is 1.38 bits per heavy atom. The fourth-order valence-electron chi connectivity index (χ4n) is 2.27. The number of carboxylic acid groups (broad SMARTS) is 1. The van der Waals surface area contributed by atoms with Gasteiger partial charge in [-0.2, -0.15) is 5.10 Å². The van der Waals surface area contributed by atoms with E-state index < -0.39 is 5.97 Å². The molecule has 0 atom stereocenters. The molecule has 6 nitrogen and oxygen atoms in total. The third-order valence-corrected chi connectivity index (χ3v) is 3.36. The molecule has 0 saturated heterocycles. The molecule has 2 aromatic heterocycles. The smallest absolute Gasteiger partial charge is 0.357 e. The molecule has 0 spiro atoms. The molecule has 106 valence electrons. The molecule has 1 aromatic carbocycles. The van der Waals surface area contributed by atoms with Gasteiger partial charge in [0.15, 0.2) is 5.69 Å². The van der Waals surface area contributed by atoms with Crippen molar-refractivity contribution in [3.05, 3.63) is 57.0 Å². The van der Waals surface area contributed by atoms with E-state index in [9.17, 15) is 14.7 Å². The molecule has 3 rings (SSSR count). The monoisotopic (exact) mass is 303 g/mol. The minimum atomic E-state index is -1.16. The van der Waals surface area contributed by atoms with Gasteiger partial charge in [0.25, 0.3) is 0 Å². The van der Waals surface area contributed by atoms with Crippen LogP contribution in [0.5, 0.6) is 0 Å². The number of carbonyl (C=O) groups is 1. The molecule has 21 heavy (non-hydrogen) atoms. The van der Waals surface area contributed by atoms with Crippen LogP contribution < -0.4 is 5.56 Å². The van der Waals surface area contributed by atoms with E-state index in [1.165, 1.54) is 10.7 Å². The number of aryl methyl sites for hydroxylation is 1. The van der Waals surface area contributed by atoms with Gasteiger partial charge in [0, 0.05) is 11.1 Å². The predicted molar refractivity (Wildman–Crippen MR) is 78.4 cm³/mol. The lowest BCUT2D eigenvalue weighted by molar-refractivity contribution is 0.0692. The first kappa shape index (κ1) is 13.4. The van der Waals surface area contributed by atoms with Gasteiger partial charge in [0.1, 0.15) is 5.65 Å². The molecule has 0 radical (unpaired) electrons. The lowest BCUT2D eigenvalue weighted by Gasteiger charge is -2.03. The molecule has 0 amide bonds. The summed E-state index contributed by atoms with van der Waals surface area (Å²) >= 11 is 5.95. The second-order valence-electron chi connectivity index (χ2n) is 4.59.